The second-order valence-electron chi connectivity index (χ2n) is 5.77. The molecule has 1 unspecified atom stereocenters. The molecule has 9 heteroatoms. The monoisotopic (exact) mass is 363 g/mol. The van der Waals surface area contributed by atoms with Crippen LogP contribution in [0.3, 0.4) is 0 Å². The summed E-state index contributed by atoms with van der Waals surface area (Å²) in [6.45, 7) is 3.95. The van der Waals surface area contributed by atoms with Crippen molar-refractivity contribution in [2.24, 2.45) is 5.92 Å². The highest BCUT2D eigenvalue weighted by Gasteiger charge is 2.23. The van der Waals surface area contributed by atoms with E-state index in [4.69, 9.17) is 4.74 Å². The molecule has 0 aliphatic carbocycles. The van der Waals surface area contributed by atoms with Crippen LogP contribution >= 0.6 is 11.8 Å². The van der Waals surface area contributed by atoms with Crippen LogP contribution in [-0.4, -0.2) is 51.0 Å². The summed E-state index contributed by atoms with van der Waals surface area (Å²) in [7, 11) is 1.31. The van der Waals surface area contributed by atoms with Gasteiger partial charge in [0, 0.05) is 0 Å². The number of benzene rings is 1. The third-order valence-corrected chi connectivity index (χ3v) is 4.22. The van der Waals surface area contributed by atoms with Crippen LogP contribution in [-0.2, 0) is 14.3 Å². The number of nitrogens with one attached hydrogen (secondary N) is 1. The first-order valence-electron chi connectivity index (χ1n) is 7.85. The number of esters is 1. The number of carbonyl (C=O) groups is 2. The maximum Gasteiger partial charge on any atom is 0.328 e. The number of tetrazole rings is 1. The third kappa shape index (κ3) is 5.56. The standard InChI is InChI=1S/C16H21N5O3S/c1-11(2)9-13(15(23)24-3)17-14(22)10-25-16-18-19-20-21(16)12-7-5-4-6-8-12/h4-8,11,13H,9-10H2,1-3H3,(H,17,22). The Kier molecular flexibility index (Phi) is 6.93. The largest absolute Gasteiger partial charge is 0.467 e. The molecule has 0 bridgehead atoms. The number of methoxy groups -OCH3 is 1. The molecule has 1 atom stereocenters. The molecular formula is C16H21N5O3S. The van der Waals surface area contributed by atoms with Crippen LogP contribution in [0.25, 0.3) is 5.69 Å². The zero-order valence-electron chi connectivity index (χ0n) is 14.4. The number of rotatable bonds is 8. The molecule has 1 amide bonds. The number of carbonyl (C=O) groups excluding carboxylic acids is 2. The van der Waals surface area contributed by atoms with Gasteiger partial charge in [0.25, 0.3) is 0 Å². The summed E-state index contributed by atoms with van der Waals surface area (Å²) in [6.07, 6.45) is 0.519. The molecule has 1 aromatic carbocycles. The molecule has 0 aliphatic heterocycles. The van der Waals surface area contributed by atoms with Crippen LogP contribution in [0, 0.1) is 5.92 Å². The molecular weight excluding hydrogens is 342 g/mol. The van der Waals surface area contributed by atoms with Crippen LogP contribution in [0.2, 0.25) is 0 Å². The Morgan fingerprint density at radius 3 is 2.64 bits per heavy atom. The van der Waals surface area contributed by atoms with Crippen molar-refractivity contribution < 1.29 is 14.3 Å². The van der Waals surface area contributed by atoms with E-state index in [1.54, 1.807) is 4.68 Å². The summed E-state index contributed by atoms with van der Waals surface area (Å²) < 4.78 is 6.30. The maximum absolute atomic E-state index is 12.2. The minimum Gasteiger partial charge on any atom is -0.467 e. The number of ether oxygens (including phenoxy) is 1. The molecule has 0 radical (unpaired) electrons. The highest BCUT2D eigenvalue weighted by molar-refractivity contribution is 7.99. The third-order valence-electron chi connectivity index (χ3n) is 3.30. The molecule has 1 N–H and O–H groups in total. The topological polar surface area (TPSA) is 99.0 Å². The van der Waals surface area contributed by atoms with Crippen molar-refractivity contribution in [3.8, 4) is 5.69 Å². The zero-order chi connectivity index (χ0) is 18.2. The summed E-state index contributed by atoms with van der Waals surface area (Å²) in [4.78, 5) is 24.0. The van der Waals surface area contributed by atoms with Gasteiger partial charge in [0.15, 0.2) is 0 Å². The van der Waals surface area contributed by atoms with Gasteiger partial charge in [-0.15, -0.1) is 5.10 Å². The number of amides is 1. The number of thioether (sulfide) groups is 1. The Morgan fingerprint density at radius 2 is 2.00 bits per heavy atom. The van der Waals surface area contributed by atoms with Crippen LogP contribution in [0.1, 0.15) is 20.3 Å². The molecule has 2 aromatic rings. The predicted octanol–water partition coefficient (Wildman–Crippen LogP) is 1.46. The van der Waals surface area contributed by atoms with Crippen molar-refractivity contribution in [3.63, 3.8) is 0 Å². The van der Waals surface area contributed by atoms with Crippen LogP contribution in [0.15, 0.2) is 35.5 Å². The van der Waals surface area contributed by atoms with Crippen molar-refractivity contribution in [3.05, 3.63) is 30.3 Å². The summed E-state index contributed by atoms with van der Waals surface area (Å²) in [5, 5.41) is 14.7. The minimum absolute atomic E-state index is 0.0960. The number of hydrogen-bond acceptors (Lipinski definition) is 7. The van der Waals surface area contributed by atoms with Crippen LogP contribution < -0.4 is 5.32 Å². The van der Waals surface area contributed by atoms with E-state index in [1.807, 2.05) is 44.2 Å². The molecule has 2 rings (SSSR count). The van der Waals surface area contributed by atoms with E-state index in [2.05, 4.69) is 20.8 Å². The van der Waals surface area contributed by atoms with E-state index in [1.165, 1.54) is 18.9 Å². The number of nitrogens with zero attached hydrogens (tertiary/aromatic N) is 4. The average Bonchev–Trinajstić information content (AvgIpc) is 3.07. The summed E-state index contributed by atoms with van der Waals surface area (Å²) in [6, 6.07) is 8.75. The van der Waals surface area contributed by atoms with E-state index in [0.29, 0.717) is 11.6 Å². The Balaban J connectivity index is 1.96. The number of aromatic nitrogens is 4. The molecule has 8 nitrogen and oxygen atoms in total. The van der Waals surface area contributed by atoms with Gasteiger partial charge in [0.1, 0.15) is 6.04 Å². The minimum atomic E-state index is -0.650. The first kappa shape index (κ1) is 18.9. The van der Waals surface area contributed by atoms with Crippen LogP contribution in [0.4, 0.5) is 0 Å². The predicted molar refractivity (Wildman–Crippen MR) is 93.3 cm³/mol. The first-order chi connectivity index (χ1) is 12.0. The summed E-state index contributed by atoms with van der Waals surface area (Å²) in [5.74, 6) is -0.369. The molecule has 1 heterocycles. The van der Waals surface area contributed by atoms with E-state index >= 15 is 0 Å². The van der Waals surface area contributed by atoms with Crippen molar-refractivity contribution in [2.45, 2.75) is 31.5 Å². The van der Waals surface area contributed by atoms with Gasteiger partial charge in [0.05, 0.1) is 18.6 Å². The molecule has 0 saturated heterocycles. The van der Waals surface area contributed by atoms with E-state index in [-0.39, 0.29) is 17.6 Å². The maximum atomic E-state index is 12.2. The quantitative estimate of drug-likeness (QED) is 0.560. The number of hydrogen-bond donors (Lipinski definition) is 1. The fraction of sp³-hybridized carbons (Fsp3) is 0.438. The Morgan fingerprint density at radius 1 is 1.28 bits per heavy atom. The van der Waals surface area contributed by atoms with Crippen LogP contribution in [0.5, 0.6) is 0 Å². The van der Waals surface area contributed by atoms with Crippen molar-refractivity contribution in [1.29, 1.82) is 0 Å². The van der Waals surface area contributed by atoms with Crippen molar-refractivity contribution in [1.82, 2.24) is 25.5 Å². The Bertz CT molecular complexity index is 705. The lowest BCUT2D eigenvalue weighted by molar-refractivity contribution is -0.145. The average molecular weight is 363 g/mol. The Labute approximate surface area is 150 Å². The first-order valence-corrected chi connectivity index (χ1v) is 8.83. The second kappa shape index (κ2) is 9.16. The molecule has 134 valence electrons. The van der Waals surface area contributed by atoms with Gasteiger partial charge in [0.2, 0.25) is 11.1 Å². The van der Waals surface area contributed by atoms with Gasteiger partial charge in [-0.3, -0.25) is 4.79 Å². The lowest BCUT2D eigenvalue weighted by Gasteiger charge is -2.18. The van der Waals surface area contributed by atoms with E-state index in [9.17, 15) is 9.59 Å². The van der Waals surface area contributed by atoms with Gasteiger partial charge in [-0.2, -0.15) is 4.68 Å². The normalized spacial score (nSPS) is 12.0. The molecule has 1 aromatic heterocycles. The fourth-order valence-corrected chi connectivity index (χ4v) is 2.90. The van der Waals surface area contributed by atoms with Gasteiger partial charge < -0.3 is 10.1 Å². The number of para-hydroxylation sites is 1. The van der Waals surface area contributed by atoms with Gasteiger partial charge >= 0.3 is 5.97 Å². The van der Waals surface area contributed by atoms with Crippen molar-refractivity contribution in [2.75, 3.05) is 12.9 Å². The molecule has 0 saturated carbocycles. The van der Waals surface area contributed by atoms with Crippen molar-refractivity contribution >= 4 is 23.6 Å². The summed E-state index contributed by atoms with van der Waals surface area (Å²) >= 11 is 1.20. The van der Waals surface area contributed by atoms with E-state index < -0.39 is 12.0 Å². The molecule has 0 aliphatic rings. The molecule has 0 spiro atoms. The highest BCUT2D eigenvalue weighted by Crippen LogP contribution is 2.17. The molecule has 0 fully saturated rings. The SMILES string of the molecule is COC(=O)C(CC(C)C)NC(=O)CSc1nnnn1-c1ccccc1. The fourth-order valence-electron chi connectivity index (χ4n) is 2.19. The second-order valence-corrected chi connectivity index (χ2v) is 6.71. The smallest absolute Gasteiger partial charge is 0.328 e. The van der Waals surface area contributed by atoms with E-state index in [0.717, 1.165) is 5.69 Å². The highest BCUT2D eigenvalue weighted by atomic mass is 32.2. The Hall–Kier alpha value is -2.42. The summed E-state index contributed by atoms with van der Waals surface area (Å²) in [5.41, 5.74) is 0.808. The zero-order valence-corrected chi connectivity index (χ0v) is 15.2. The van der Waals surface area contributed by atoms with Gasteiger partial charge in [-0.25, -0.2) is 4.79 Å². The van der Waals surface area contributed by atoms with Gasteiger partial charge in [-0.05, 0) is 34.9 Å². The van der Waals surface area contributed by atoms with Gasteiger partial charge in [-0.1, -0.05) is 43.8 Å². The lowest BCUT2D eigenvalue weighted by Crippen LogP contribution is -2.43. The molecule has 25 heavy (non-hydrogen) atoms. The lowest BCUT2D eigenvalue weighted by atomic mass is 10.0.